The molecule has 14 heteroatoms. The Labute approximate surface area is 184 Å². The van der Waals surface area contributed by atoms with E-state index >= 15 is 0 Å². The third kappa shape index (κ3) is 4.24. The number of hydrogen-bond donors (Lipinski definition) is 3. The number of ether oxygens (including phenoxy) is 1. The van der Waals surface area contributed by atoms with E-state index in [0.29, 0.717) is 21.6 Å². The van der Waals surface area contributed by atoms with E-state index < -0.39 is 49.8 Å². The smallest absolute Gasteiger partial charge is 0.434 e. The largest absolute Gasteiger partial charge is 0.504 e. The van der Waals surface area contributed by atoms with Crippen LogP contribution in [0.3, 0.4) is 0 Å². The van der Waals surface area contributed by atoms with Crippen LogP contribution in [0.1, 0.15) is 24.3 Å². The minimum Gasteiger partial charge on any atom is -0.504 e. The predicted molar refractivity (Wildman–Crippen MR) is 107 cm³/mol. The molecule has 0 amide bonds. The zero-order chi connectivity index (χ0) is 23.1. The van der Waals surface area contributed by atoms with Crippen LogP contribution in [0.25, 0.3) is 0 Å². The zero-order valence-electron chi connectivity index (χ0n) is 16.2. The molecule has 0 unspecified atom stereocenters. The van der Waals surface area contributed by atoms with Gasteiger partial charge in [0.1, 0.15) is 12.4 Å². The van der Waals surface area contributed by atoms with Crippen molar-refractivity contribution >= 4 is 25.2 Å². The van der Waals surface area contributed by atoms with Crippen LogP contribution in [-0.4, -0.2) is 38.9 Å². The third-order valence-electron chi connectivity index (χ3n) is 4.75. The topological polar surface area (TPSA) is 132 Å². The highest BCUT2D eigenvalue weighted by Gasteiger charge is 2.55. The summed E-state index contributed by atoms with van der Waals surface area (Å²) in [7, 11) is -3.95. The Morgan fingerprint density at radius 3 is 2.81 bits per heavy atom. The molecule has 0 radical (unpaired) electrons. The second-order valence-electron chi connectivity index (χ2n) is 6.91. The molecule has 2 aliphatic rings. The number of alkyl halides is 2. The van der Waals surface area contributed by atoms with Crippen molar-refractivity contribution in [2.45, 2.75) is 24.7 Å². The van der Waals surface area contributed by atoms with Crippen molar-refractivity contribution in [3.63, 3.8) is 0 Å². The van der Waals surface area contributed by atoms with Crippen LogP contribution in [0.2, 0.25) is 5.02 Å². The lowest BCUT2D eigenvalue weighted by Gasteiger charge is -2.30. The first-order chi connectivity index (χ1) is 15.1. The Morgan fingerprint density at radius 1 is 1.38 bits per heavy atom. The Balaban J connectivity index is 1.53. The van der Waals surface area contributed by atoms with Gasteiger partial charge >= 0.3 is 19.4 Å². The molecule has 32 heavy (non-hydrogen) atoms. The standard InChI is InChI=1S/C18H17ClF2N3O7P/c19-11-3-1-2-10(8-11)12-5-7-29-32(28,31-12)23-14-4-6-24(17(27)22-14)16-18(20,21)15(26)13(9-25)30-16/h1-4,6,8,12,16,25-26H,5,7,9H2,(H,22,23,27,28)/t12-,16+,32+/m0/s1. The molecule has 1 aromatic heterocycles. The summed E-state index contributed by atoms with van der Waals surface area (Å²) >= 11 is 5.98. The summed E-state index contributed by atoms with van der Waals surface area (Å²) in [4.78, 5) is 15.9. The molecule has 4 rings (SSSR count). The molecule has 0 saturated carbocycles. The van der Waals surface area contributed by atoms with Gasteiger partial charge in [-0.2, -0.15) is 13.8 Å². The second kappa shape index (κ2) is 8.45. The molecule has 3 N–H and O–H groups in total. The van der Waals surface area contributed by atoms with Gasteiger partial charge in [0, 0.05) is 17.6 Å². The van der Waals surface area contributed by atoms with E-state index in [2.05, 4.69) is 10.1 Å². The highest BCUT2D eigenvalue weighted by molar-refractivity contribution is 7.55. The number of anilines is 1. The number of aliphatic hydroxyl groups is 2. The van der Waals surface area contributed by atoms with Crippen LogP contribution in [0.15, 0.2) is 52.8 Å². The average molecular weight is 492 g/mol. The van der Waals surface area contributed by atoms with Crippen molar-refractivity contribution in [3.05, 3.63) is 69.1 Å². The quantitative estimate of drug-likeness (QED) is 0.537. The highest BCUT2D eigenvalue weighted by Crippen LogP contribution is 2.55. The van der Waals surface area contributed by atoms with E-state index in [1.54, 1.807) is 24.3 Å². The lowest BCUT2D eigenvalue weighted by molar-refractivity contribution is -0.117. The van der Waals surface area contributed by atoms with Gasteiger partial charge in [-0.15, -0.1) is 0 Å². The van der Waals surface area contributed by atoms with Gasteiger partial charge < -0.3 is 14.9 Å². The normalized spacial score (nSPS) is 27.2. The number of aliphatic hydroxyl groups excluding tert-OH is 2. The van der Waals surface area contributed by atoms with Gasteiger partial charge in [-0.3, -0.25) is 18.7 Å². The fourth-order valence-electron chi connectivity index (χ4n) is 3.23. The first kappa shape index (κ1) is 22.7. The third-order valence-corrected chi connectivity index (χ3v) is 6.54. The fraction of sp³-hybridized carbons (Fsp3) is 0.333. The Kier molecular flexibility index (Phi) is 5.99. The number of nitrogens with one attached hydrogen (secondary N) is 1. The summed E-state index contributed by atoms with van der Waals surface area (Å²) < 4.78 is 57.5. The van der Waals surface area contributed by atoms with Crippen LogP contribution in [0.4, 0.5) is 14.6 Å². The SMILES string of the molecule is O=c1nc(N[P@@]2(=O)OCC[C@@H](c3cccc(Cl)c3)O2)ccn1[C@@H]1OC(CO)=C(O)C1(F)F. The van der Waals surface area contributed by atoms with E-state index in [1.165, 1.54) is 0 Å². The molecule has 3 atom stereocenters. The molecule has 1 aromatic carbocycles. The lowest BCUT2D eigenvalue weighted by Crippen LogP contribution is -2.37. The average Bonchev–Trinajstić information content (AvgIpc) is 2.97. The molecule has 2 aliphatic heterocycles. The van der Waals surface area contributed by atoms with E-state index in [1.807, 2.05) is 0 Å². The molecule has 10 nitrogen and oxygen atoms in total. The summed E-state index contributed by atoms with van der Waals surface area (Å²) in [5.74, 6) is -6.44. The van der Waals surface area contributed by atoms with E-state index in [4.69, 9.17) is 30.5 Å². The molecule has 2 aromatic rings. The Bertz CT molecular complexity index is 1180. The van der Waals surface area contributed by atoms with Crippen molar-refractivity contribution in [1.29, 1.82) is 0 Å². The molecule has 0 aliphatic carbocycles. The van der Waals surface area contributed by atoms with Gasteiger partial charge in [0.05, 0.1) is 12.7 Å². The van der Waals surface area contributed by atoms with Gasteiger partial charge in [-0.05, 0) is 23.8 Å². The molecular weight excluding hydrogens is 475 g/mol. The minimum atomic E-state index is -3.97. The van der Waals surface area contributed by atoms with Crippen molar-refractivity contribution in [3.8, 4) is 0 Å². The summed E-state index contributed by atoms with van der Waals surface area (Å²) in [6.07, 6.45) is -1.53. The number of aromatic nitrogens is 2. The predicted octanol–water partition coefficient (Wildman–Crippen LogP) is 3.52. The lowest BCUT2D eigenvalue weighted by atomic mass is 10.1. The maximum absolute atomic E-state index is 14.2. The van der Waals surface area contributed by atoms with E-state index in [9.17, 15) is 23.2 Å². The molecule has 0 spiro atoms. The van der Waals surface area contributed by atoms with E-state index in [0.717, 1.165) is 12.3 Å². The van der Waals surface area contributed by atoms with Crippen LogP contribution >= 0.6 is 19.3 Å². The first-order valence-electron chi connectivity index (χ1n) is 9.27. The number of rotatable bonds is 5. The van der Waals surface area contributed by atoms with Crippen molar-refractivity contribution < 1.29 is 37.3 Å². The summed E-state index contributed by atoms with van der Waals surface area (Å²) in [5, 5.41) is 21.4. The molecule has 3 heterocycles. The maximum atomic E-state index is 14.2. The summed E-state index contributed by atoms with van der Waals surface area (Å²) in [6.45, 7) is -0.902. The van der Waals surface area contributed by atoms with Gasteiger partial charge in [0.2, 0.25) is 5.76 Å². The van der Waals surface area contributed by atoms with Crippen molar-refractivity contribution in [2.75, 3.05) is 18.3 Å². The van der Waals surface area contributed by atoms with Gasteiger partial charge in [0.25, 0.3) is 6.23 Å². The number of nitrogens with zero attached hydrogens (tertiary/aromatic N) is 2. The second-order valence-corrected chi connectivity index (χ2v) is 9.03. The van der Waals surface area contributed by atoms with Crippen molar-refractivity contribution in [1.82, 2.24) is 9.55 Å². The molecule has 1 saturated heterocycles. The zero-order valence-corrected chi connectivity index (χ0v) is 17.8. The first-order valence-corrected chi connectivity index (χ1v) is 11.2. The van der Waals surface area contributed by atoms with Gasteiger partial charge in [-0.25, -0.2) is 9.36 Å². The number of benzene rings is 1. The summed E-state index contributed by atoms with van der Waals surface area (Å²) in [6, 6.07) is 7.89. The Hall–Kier alpha value is -2.50. The molecule has 0 bridgehead atoms. The number of hydrogen-bond acceptors (Lipinski definition) is 8. The van der Waals surface area contributed by atoms with Crippen LogP contribution in [0, 0.1) is 0 Å². The maximum Gasteiger partial charge on any atom is 0.434 e. The number of halogens is 3. The summed E-state index contributed by atoms with van der Waals surface area (Å²) in [5.41, 5.74) is -0.513. The van der Waals surface area contributed by atoms with Gasteiger partial charge in [0.15, 0.2) is 5.76 Å². The Morgan fingerprint density at radius 2 is 2.16 bits per heavy atom. The van der Waals surface area contributed by atoms with Crippen LogP contribution < -0.4 is 10.8 Å². The van der Waals surface area contributed by atoms with Gasteiger partial charge in [-0.1, -0.05) is 23.7 Å². The fourth-order valence-corrected chi connectivity index (χ4v) is 4.92. The molecular formula is C18H17ClF2N3O7P. The minimum absolute atomic E-state index is 0.0789. The monoisotopic (exact) mass is 491 g/mol. The van der Waals surface area contributed by atoms with Crippen LogP contribution in [-0.2, 0) is 18.3 Å². The molecule has 172 valence electrons. The van der Waals surface area contributed by atoms with E-state index in [-0.39, 0.29) is 12.4 Å². The highest BCUT2D eigenvalue weighted by atomic mass is 35.5. The molecule has 1 fully saturated rings. The van der Waals surface area contributed by atoms with Crippen molar-refractivity contribution in [2.24, 2.45) is 0 Å². The van der Waals surface area contributed by atoms with Crippen LogP contribution in [0.5, 0.6) is 0 Å².